The van der Waals surface area contributed by atoms with Crippen LogP contribution in [0.25, 0.3) is 16.9 Å². The Balaban J connectivity index is 2.38. The third kappa shape index (κ3) is 3.39. The lowest BCUT2D eigenvalue weighted by molar-refractivity contribution is 0.0549. The molecular weight excluding hydrogens is 380 g/mol. The van der Waals surface area contributed by atoms with Gasteiger partial charge in [0.05, 0.1) is 19.9 Å². The van der Waals surface area contributed by atoms with Crippen molar-refractivity contribution in [1.82, 2.24) is 9.78 Å². The maximum atomic E-state index is 12.6. The lowest BCUT2D eigenvalue weighted by Crippen LogP contribution is -2.15. The summed E-state index contributed by atoms with van der Waals surface area (Å²) in [5.41, 5.74) is 3.29. The van der Waals surface area contributed by atoms with Crippen molar-refractivity contribution < 1.29 is 19.1 Å². The van der Waals surface area contributed by atoms with Crippen LogP contribution in [0.4, 0.5) is 0 Å². The number of nitrogens with zero attached hydrogens (tertiary/aromatic N) is 2. The molecule has 0 radical (unpaired) electrons. The summed E-state index contributed by atoms with van der Waals surface area (Å²) >= 11 is 6.28. The number of aromatic nitrogens is 2. The van der Waals surface area contributed by atoms with Gasteiger partial charge in [-0.3, -0.25) is 0 Å². The number of para-hydroxylation sites is 1. The monoisotopic (exact) mass is 398 g/mol. The molecule has 0 aliphatic heterocycles. The van der Waals surface area contributed by atoms with Crippen LogP contribution < -0.4 is 0 Å². The number of esters is 2. The molecule has 0 bridgehead atoms. The van der Waals surface area contributed by atoms with Crippen LogP contribution in [-0.4, -0.2) is 35.9 Å². The van der Waals surface area contributed by atoms with Crippen molar-refractivity contribution in [2.45, 2.75) is 13.8 Å². The Morgan fingerprint density at radius 2 is 1.54 bits per heavy atom. The summed E-state index contributed by atoms with van der Waals surface area (Å²) in [7, 11) is 2.51. The van der Waals surface area contributed by atoms with E-state index < -0.39 is 11.9 Å². The normalized spacial score (nSPS) is 10.6. The summed E-state index contributed by atoms with van der Waals surface area (Å²) < 4.78 is 11.3. The highest BCUT2D eigenvalue weighted by Gasteiger charge is 2.31. The Morgan fingerprint density at radius 1 is 0.964 bits per heavy atom. The molecule has 0 saturated carbocycles. The molecule has 7 heteroatoms. The molecule has 0 atom stereocenters. The highest BCUT2D eigenvalue weighted by Crippen LogP contribution is 2.32. The van der Waals surface area contributed by atoms with Crippen molar-refractivity contribution in [1.29, 1.82) is 0 Å². The smallest absolute Gasteiger partial charge is 0.357 e. The largest absolute Gasteiger partial charge is 0.465 e. The molecule has 0 unspecified atom stereocenters. The summed E-state index contributed by atoms with van der Waals surface area (Å²) in [4.78, 5) is 25.2. The molecule has 0 aliphatic carbocycles. The van der Waals surface area contributed by atoms with Crippen molar-refractivity contribution in [2.24, 2.45) is 0 Å². The zero-order chi connectivity index (χ0) is 20.4. The molecule has 0 fully saturated rings. The van der Waals surface area contributed by atoms with E-state index >= 15 is 0 Å². The first-order valence-corrected chi connectivity index (χ1v) is 8.89. The van der Waals surface area contributed by atoms with Crippen LogP contribution in [0.5, 0.6) is 0 Å². The molecule has 0 amide bonds. The summed E-state index contributed by atoms with van der Waals surface area (Å²) in [5, 5.41) is 5.21. The Labute approximate surface area is 167 Å². The van der Waals surface area contributed by atoms with Crippen LogP contribution in [0.3, 0.4) is 0 Å². The predicted octanol–water partition coefficient (Wildman–Crippen LogP) is 4.38. The highest BCUT2D eigenvalue weighted by atomic mass is 35.5. The average molecular weight is 399 g/mol. The van der Waals surface area contributed by atoms with Crippen LogP contribution in [-0.2, 0) is 9.47 Å². The van der Waals surface area contributed by atoms with Gasteiger partial charge in [0.2, 0.25) is 0 Å². The predicted molar refractivity (Wildman–Crippen MR) is 106 cm³/mol. The minimum atomic E-state index is -0.689. The summed E-state index contributed by atoms with van der Waals surface area (Å²) in [6, 6.07) is 12.7. The zero-order valence-electron chi connectivity index (χ0n) is 15.9. The molecular formula is C21H19ClN2O4. The van der Waals surface area contributed by atoms with Gasteiger partial charge in [0.25, 0.3) is 0 Å². The van der Waals surface area contributed by atoms with E-state index in [1.54, 1.807) is 12.1 Å². The van der Waals surface area contributed by atoms with Gasteiger partial charge in [-0.1, -0.05) is 29.8 Å². The first-order valence-electron chi connectivity index (χ1n) is 8.51. The SMILES string of the molecule is COC(=O)c1c(-c2cc(C)c(Cl)c(C)c2)nn(-c2ccccc2)c1C(=O)OC. The summed E-state index contributed by atoms with van der Waals surface area (Å²) in [5.74, 6) is -1.37. The van der Waals surface area contributed by atoms with E-state index in [9.17, 15) is 9.59 Å². The summed E-state index contributed by atoms with van der Waals surface area (Å²) in [6.45, 7) is 3.73. The Hall–Kier alpha value is -3.12. The van der Waals surface area contributed by atoms with Crippen LogP contribution in [0, 0.1) is 13.8 Å². The average Bonchev–Trinajstić information content (AvgIpc) is 3.11. The lowest BCUT2D eigenvalue weighted by Gasteiger charge is -2.08. The number of hydrogen-bond acceptors (Lipinski definition) is 5. The Kier molecular flexibility index (Phi) is 5.51. The van der Waals surface area contributed by atoms with Gasteiger partial charge in [-0.15, -0.1) is 0 Å². The van der Waals surface area contributed by atoms with Gasteiger partial charge in [0, 0.05) is 10.6 Å². The van der Waals surface area contributed by atoms with Crippen LogP contribution >= 0.6 is 11.6 Å². The number of hydrogen-bond donors (Lipinski definition) is 0. The van der Waals surface area contributed by atoms with E-state index in [1.807, 2.05) is 44.2 Å². The lowest BCUT2D eigenvalue weighted by atomic mass is 10.0. The molecule has 1 heterocycles. The number of aryl methyl sites for hydroxylation is 2. The van der Waals surface area contributed by atoms with E-state index in [2.05, 4.69) is 5.10 Å². The number of carbonyl (C=O) groups excluding carboxylic acids is 2. The van der Waals surface area contributed by atoms with Gasteiger partial charge >= 0.3 is 11.9 Å². The van der Waals surface area contributed by atoms with Crippen molar-refractivity contribution in [3.8, 4) is 16.9 Å². The fourth-order valence-electron chi connectivity index (χ4n) is 3.04. The molecule has 0 spiro atoms. The van der Waals surface area contributed by atoms with Crippen molar-refractivity contribution >= 4 is 23.5 Å². The quantitative estimate of drug-likeness (QED) is 0.610. The van der Waals surface area contributed by atoms with Crippen LogP contribution in [0.15, 0.2) is 42.5 Å². The van der Waals surface area contributed by atoms with Gasteiger partial charge < -0.3 is 9.47 Å². The molecule has 0 saturated heterocycles. The van der Waals surface area contributed by atoms with E-state index in [4.69, 9.17) is 21.1 Å². The first kappa shape index (κ1) is 19.6. The van der Waals surface area contributed by atoms with Crippen molar-refractivity contribution in [3.63, 3.8) is 0 Å². The van der Waals surface area contributed by atoms with Crippen LogP contribution in [0.2, 0.25) is 5.02 Å². The summed E-state index contributed by atoms with van der Waals surface area (Å²) in [6.07, 6.45) is 0. The van der Waals surface area contributed by atoms with E-state index in [0.717, 1.165) is 11.1 Å². The molecule has 0 aliphatic rings. The molecule has 1 aromatic heterocycles. The number of halogens is 1. The molecule has 2 aromatic carbocycles. The molecule has 144 valence electrons. The Bertz CT molecular complexity index is 1030. The van der Waals surface area contributed by atoms with Crippen LogP contribution in [0.1, 0.15) is 32.0 Å². The van der Waals surface area contributed by atoms with Crippen molar-refractivity contribution in [2.75, 3.05) is 14.2 Å². The topological polar surface area (TPSA) is 70.4 Å². The van der Waals surface area contributed by atoms with E-state index in [1.165, 1.54) is 18.9 Å². The number of methoxy groups -OCH3 is 2. The number of carbonyl (C=O) groups is 2. The van der Waals surface area contributed by atoms with Gasteiger partial charge in [0.1, 0.15) is 11.3 Å². The second kappa shape index (κ2) is 7.86. The van der Waals surface area contributed by atoms with Gasteiger partial charge in [-0.2, -0.15) is 5.10 Å². The van der Waals surface area contributed by atoms with E-state index in [0.29, 0.717) is 22.0 Å². The van der Waals surface area contributed by atoms with Crippen molar-refractivity contribution in [3.05, 3.63) is 69.9 Å². The molecule has 6 nitrogen and oxygen atoms in total. The molecule has 3 rings (SSSR count). The van der Waals surface area contributed by atoms with Gasteiger partial charge in [-0.05, 0) is 49.2 Å². The molecule has 28 heavy (non-hydrogen) atoms. The van der Waals surface area contributed by atoms with E-state index in [-0.39, 0.29) is 11.3 Å². The maximum Gasteiger partial charge on any atom is 0.357 e. The zero-order valence-corrected chi connectivity index (χ0v) is 16.7. The number of rotatable bonds is 4. The third-order valence-electron chi connectivity index (χ3n) is 4.36. The first-order chi connectivity index (χ1) is 13.4. The molecule has 0 N–H and O–H groups in total. The third-order valence-corrected chi connectivity index (χ3v) is 4.96. The Morgan fingerprint density at radius 3 is 2.07 bits per heavy atom. The minimum Gasteiger partial charge on any atom is -0.465 e. The fourth-order valence-corrected chi connectivity index (χ4v) is 3.15. The highest BCUT2D eigenvalue weighted by molar-refractivity contribution is 6.32. The van der Waals surface area contributed by atoms with Gasteiger partial charge in [-0.25, -0.2) is 14.3 Å². The maximum absolute atomic E-state index is 12.6. The number of benzene rings is 2. The second-order valence-corrected chi connectivity index (χ2v) is 6.60. The second-order valence-electron chi connectivity index (χ2n) is 6.23. The number of ether oxygens (including phenoxy) is 2. The standard InChI is InChI=1S/C21H19ClN2O4/c1-12-10-14(11-13(2)17(12)22)18-16(20(25)27-3)19(21(26)28-4)24(23-18)15-8-6-5-7-9-15/h5-11H,1-4H3. The minimum absolute atomic E-state index is 0.000746. The van der Waals surface area contributed by atoms with Gasteiger partial charge in [0.15, 0.2) is 5.69 Å². The molecule has 3 aromatic rings. The fraction of sp³-hybridized carbons (Fsp3) is 0.190.